The lowest BCUT2D eigenvalue weighted by Gasteiger charge is -2.03. The number of aromatic carboxylic acids is 1. The average Bonchev–Trinajstić information content (AvgIpc) is 3.05. The molecule has 0 fully saturated rings. The number of halogens is 2. The molecule has 1 N–H and O–H groups in total. The van der Waals surface area contributed by atoms with E-state index in [0.29, 0.717) is 53.3 Å². The van der Waals surface area contributed by atoms with Crippen molar-refractivity contribution in [2.24, 2.45) is 20.5 Å². The maximum Gasteiger partial charge on any atom is 0.337 e. The molecule has 0 aromatic heterocycles. The number of esters is 1. The molecule has 10 nitrogen and oxygen atoms in total. The molecule has 0 spiro atoms. The van der Waals surface area contributed by atoms with E-state index in [2.05, 4.69) is 25.2 Å². The van der Waals surface area contributed by atoms with Gasteiger partial charge in [-0.25, -0.2) is 9.59 Å². The van der Waals surface area contributed by atoms with Crippen LogP contribution in [0.2, 0.25) is 0 Å². The van der Waals surface area contributed by atoms with Crippen LogP contribution in [0.25, 0.3) is 0 Å². The predicted octanol–water partition coefficient (Wildman–Crippen LogP) is 8.92. The molecule has 0 aliphatic carbocycles. The molecule has 0 heterocycles. The van der Waals surface area contributed by atoms with Crippen LogP contribution in [0.1, 0.15) is 20.7 Å². The summed E-state index contributed by atoms with van der Waals surface area (Å²) in [6.45, 7) is 0.924. The van der Waals surface area contributed by atoms with Crippen molar-refractivity contribution in [2.75, 3.05) is 32.1 Å². The van der Waals surface area contributed by atoms with Gasteiger partial charge in [0.2, 0.25) is 0 Å². The molecule has 43 heavy (non-hydrogen) atoms. The zero-order valence-corrected chi connectivity index (χ0v) is 24.6. The van der Waals surface area contributed by atoms with Crippen LogP contribution in [0.5, 0.6) is 11.5 Å². The number of carbonyl (C=O) groups excluding carboxylic acids is 1. The monoisotopic (exact) mass is 622 g/mol. The quantitative estimate of drug-likeness (QED) is 0.0952. The fourth-order valence-corrected chi connectivity index (χ4v) is 3.37. The van der Waals surface area contributed by atoms with Gasteiger partial charge in [0.05, 0.1) is 52.7 Å². The Bertz CT molecular complexity index is 1500. The van der Waals surface area contributed by atoms with E-state index in [9.17, 15) is 9.59 Å². The Morgan fingerprint density at radius 2 is 0.907 bits per heavy atom. The second kappa shape index (κ2) is 17.9. The molecule has 0 atom stereocenters. The van der Waals surface area contributed by atoms with Gasteiger partial charge >= 0.3 is 11.9 Å². The molecule has 0 amide bonds. The zero-order chi connectivity index (χ0) is 30.9. The highest BCUT2D eigenvalue weighted by Gasteiger charge is 2.04. The van der Waals surface area contributed by atoms with Gasteiger partial charge in [-0.05, 0) is 97.1 Å². The van der Waals surface area contributed by atoms with Gasteiger partial charge in [0.1, 0.15) is 24.7 Å². The minimum absolute atomic E-state index is 0.217. The second-order valence-electron chi connectivity index (χ2n) is 8.35. The van der Waals surface area contributed by atoms with E-state index in [4.69, 9.17) is 37.8 Å². The molecule has 0 saturated heterocycles. The highest BCUT2D eigenvalue weighted by atomic mass is 35.5. The molecular formula is C31H28Cl2N4O6. The fraction of sp³-hybridized carbons (Fsp3) is 0.161. The van der Waals surface area contributed by atoms with E-state index in [1.54, 1.807) is 84.9 Å². The van der Waals surface area contributed by atoms with Gasteiger partial charge in [0, 0.05) is 0 Å². The van der Waals surface area contributed by atoms with Gasteiger partial charge in [-0.3, -0.25) is 0 Å². The lowest BCUT2D eigenvalue weighted by Crippen LogP contribution is -1.99. The number of methoxy groups -OCH3 is 1. The highest BCUT2D eigenvalue weighted by Crippen LogP contribution is 2.23. The van der Waals surface area contributed by atoms with Crippen LogP contribution in [0.15, 0.2) is 118 Å². The van der Waals surface area contributed by atoms with E-state index in [1.807, 2.05) is 0 Å². The van der Waals surface area contributed by atoms with E-state index < -0.39 is 5.97 Å². The molecule has 4 aromatic carbocycles. The largest absolute Gasteiger partial charge is 0.492 e. The molecule has 0 unspecified atom stereocenters. The first-order valence-corrected chi connectivity index (χ1v) is 13.9. The van der Waals surface area contributed by atoms with Crippen molar-refractivity contribution in [1.29, 1.82) is 0 Å². The fourth-order valence-electron chi connectivity index (χ4n) is 3.21. The van der Waals surface area contributed by atoms with Crippen molar-refractivity contribution in [3.8, 4) is 11.5 Å². The summed E-state index contributed by atoms with van der Waals surface area (Å²) in [5.41, 5.74) is 3.31. The number of azo groups is 2. The average molecular weight is 623 g/mol. The minimum Gasteiger partial charge on any atom is -0.492 e. The Hall–Kier alpha value is -4.80. The number of ether oxygens (including phenoxy) is 3. The topological polar surface area (TPSA) is 132 Å². The number of hydrogen-bond donors (Lipinski definition) is 1. The van der Waals surface area contributed by atoms with Crippen molar-refractivity contribution in [3.63, 3.8) is 0 Å². The summed E-state index contributed by atoms with van der Waals surface area (Å²) in [7, 11) is 1.34. The molecule has 0 radical (unpaired) electrons. The molecule has 0 aliphatic rings. The van der Waals surface area contributed by atoms with Crippen LogP contribution in [-0.4, -0.2) is 49.1 Å². The Balaban J connectivity index is 0.000000236. The maximum atomic E-state index is 11.3. The van der Waals surface area contributed by atoms with E-state index in [-0.39, 0.29) is 11.5 Å². The molecular weight excluding hydrogens is 595 g/mol. The number of nitrogens with zero attached hydrogens (tertiary/aromatic N) is 4. The van der Waals surface area contributed by atoms with Crippen molar-refractivity contribution in [2.45, 2.75) is 0 Å². The number of rotatable bonds is 12. The molecule has 0 saturated carbocycles. The van der Waals surface area contributed by atoms with Crippen LogP contribution >= 0.6 is 23.2 Å². The Labute approximate surface area is 258 Å². The smallest absolute Gasteiger partial charge is 0.337 e. The van der Waals surface area contributed by atoms with E-state index >= 15 is 0 Å². The number of alkyl halides is 2. The number of benzene rings is 4. The summed E-state index contributed by atoms with van der Waals surface area (Å²) in [6, 6.07) is 27.2. The Kier molecular flexibility index (Phi) is 13.6. The Morgan fingerprint density at radius 3 is 1.21 bits per heavy atom. The van der Waals surface area contributed by atoms with Gasteiger partial charge in [-0.15, -0.1) is 23.2 Å². The predicted molar refractivity (Wildman–Crippen MR) is 165 cm³/mol. The summed E-state index contributed by atoms with van der Waals surface area (Å²) in [5, 5.41) is 25.1. The molecule has 4 rings (SSSR count). The SMILES string of the molecule is COC(=O)c1ccc(N=Nc2ccc(OCCCl)cc2)cc1.O=C(O)c1ccc(N=Nc2ccc(OCCCl)cc2)cc1. The molecule has 222 valence electrons. The summed E-state index contributed by atoms with van der Waals surface area (Å²) in [4.78, 5) is 22.0. The third-order valence-electron chi connectivity index (χ3n) is 5.33. The third-order valence-corrected chi connectivity index (χ3v) is 5.64. The lowest BCUT2D eigenvalue weighted by molar-refractivity contribution is 0.0599. The van der Waals surface area contributed by atoms with Gasteiger partial charge in [0.15, 0.2) is 0 Å². The Morgan fingerprint density at radius 1 is 0.581 bits per heavy atom. The second-order valence-corrected chi connectivity index (χ2v) is 9.11. The highest BCUT2D eigenvalue weighted by molar-refractivity contribution is 6.18. The molecule has 4 aromatic rings. The number of carboxylic acids is 1. The zero-order valence-electron chi connectivity index (χ0n) is 23.1. The lowest BCUT2D eigenvalue weighted by atomic mass is 10.2. The standard InChI is InChI=1S/C16H15ClN2O3.C15H13ClN2O3/c1-21-16(20)12-2-4-13(5-3-12)18-19-14-6-8-15(9-7-14)22-11-10-17;16-9-10-21-14-7-5-13(6-8-14)18-17-12-3-1-11(2-4-12)15(19)20/h2-9H,10-11H2,1H3;1-8H,9-10H2,(H,19,20). The molecule has 0 aliphatic heterocycles. The van der Waals surface area contributed by atoms with Crippen molar-refractivity contribution >= 4 is 57.9 Å². The van der Waals surface area contributed by atoms with E-state index in [1.165, 1.54) is 19.2 Å². The minimum atomic E-state index is -0.967. The summed E-state index contributed by atoms with van der Waals surface area (Å²) in [5.74, 6) is 1.00. The number of carboxylic acid groups (broad SMARTS) is 1. The normalized spacial score (nSPS) is 10.7. The summed E-state index contributed by atoms with van der Waals surface area (Å²) in [6.07, 6.45) is 0. The van der Waals surface area contributed by atoms with Crippen molar-refractivity contribution < 1.29 is 28.9 Å². The van der Waals surface area contributed by atoms with Crippen molar-refractivity contribution in [1.82, 2.24) is 0 Å². The first-order valence-electron chi connectivity index (χ1n) is 12.8. The van der Waals surface area contributed by atoms with E-state index in [0.717, 1.165) is 11.5 Å². The van der Waals surface area contributed by atoms with Crippen LogP contribution in [0.3, 0.4) is 0 Å². The van der Waals surface area contributed by atoms with Gasteiger partial charge in [0.25, 0.3) is 0 Å². The third kappa shape index (κ3) is 11.5. The van der Waals surface area contributed by atoms with Gasteiger partial charge in [-0.2, -0.15) is 20.5 Å². The first-order chi connectivity index (χ1) is 20.9. The first kappa shape index (κ1) is 32.7. The van der Waals surface area contributed by atoms with Crippen LogP contribution in [0, 0.1) is 0 Å². The van der Waals surface area contributed by atoms with Crippen LogP contribution < -0.4 is 9.47 Å². The van der Waals surface area contributed by atoms with Gasteiger partial charge < -0.3 is 19.3 Å². The molecule has 12 heteroatoms. The number of hydrogen-bond acceptors (Lipinski definition) is 9. The maximum absolute atomic E-state index is 11.3. The van der Waals surface area contributed by atoms with Crippen LogP contribution in [0.4, 0.5) is 22.7 Å². The van der Waals surface area contributed by atoms with Gasteiger partial charge in [-0.1, -0.05) is 0 Å². The van der Waals surface area contributed by atoms with Crippen LogP contribution in [-0.2, 0) is 4.74 Å². The van der Waals surface area contributed by atoms with Crippen molar-refractivity contribution in [3.05, 3.63) is 108 Å². The summed E-state index contributed by atoms with van der Waals surface area (Å²) < 4.78 is 15.4. The summed E-state index contributed by atoms with van der Waals surface area (Å²) >= 11 is 11.1. The molecule has 0 bridgehead atoms. The number of carbonyl (C=O) groups is 2.